The Kier molecular flexibility index (Phi) is 6.15. The van der Waals surface area contributed by atoms with Crippen molar-refractivity contribution in [3.05, 3.63) is 80.1 Å². The van der Waals surface area contributed by atoms with Gasteiger partial charge in [0.1, 0.15) is 11.4 Å². The SMILES string of the molecule is CC[C@@H](Nc1c(Nc2cccc(C(=O)NC(C)(C)C)c2O)c(=O)c1=O)c1ccccc1. The third-order valence-electron chi connectivity index (χ3n) is 4.87. The lowest BCUT2D eigenvalue weighted by Crippen LogP contribution is -2.40. The molecule has 1 atom stereocenters. The van der Waals surface area contributed by atoms with Gasteiger partial charge >= 0.3 is 0 Å². The second-order valence-electron chi connectivity index (χ2n) is 8.45. The van der Waals surface area contributed by atoms with Crippen LogP contribution in [-0.4, -0.2) is 16.6 Å². The van der Waals surface area contributed by atoms with Crippen LogP contribution in [-0.2, 0) is 0 Å². The van der Waals surface area contributed by atoms with Crippen LogP contribution in [0.15, 0.2) is 58.1 Å². The molecule has 0 aromatic heterocycles. The predicted octanol–water partition coefficient (Wildman–Crippen LogP) is 3.82. The lowest BCUT2D eigenvalue weighted by atomic mass is 10.0. The zero-order chi connectivity index (χ0) is 22.8. The topological polar surface area (TPSA) is 108 Å². The third kappa shape index (κ3) is 4.77. The zero-order valence-electron chi connectivity index (χ0n) is 18.1. The van der Waals surface area contributed by atoms with Crippen LogP contribution in [0.3, 0.4) is 0 Å². The molecule has 0 saturated carbocycles. The Morgan fingerprint density at radius 2 is 1.61 bits per heavy atom. The van der Waals surface area contributed by atoms with Crippen molar-refractivity contribution >= 4 is 23.0 Å². The minimum Gasteiger partial charge on any atom is -0.505 e. The number of amides is 1. The van der Waals surface area contributed by atoms with E-state index in [1.807, 2.05) is 58.0 Å². The van der Waals surface area contributed by atoms with Crippen LogP contribution in [0.25, 0.3) is 0 Å². The van der Waals surface area contributed by atoms with Gasteiger partial charge in [0.2, 0.25) is 0 Å². The minimum absolute atomic E-state index is 0.0723. The van der Waals surface area contributed by atoms with E-state index in [0.29, 0.717) is 6.42 Å². The molecule has 0 saturated heterocycles. The number of anilines is 3. The highest BCUT2D eigenvalue weighted by Gasteiger charge is 2.25. The third-order valence-corrected chi connectivity index (χ3v) is 4.87. The number of nitrogens with one attached hydrogen (secondary N) is 3. The number of carbonyl (C=O) groups is 1. The van der Waals surface area contributed by atoms with Crippen LogP contribution in [0, 0.1) is 0 Å². The van der Waals surface area contributed by atoms with Crippen molar-refractivity contribution in [2.75, 3.05) is 10.6 Å². The van der Waals surface area contributed by atoms with E-state index in [-0.39, 0.29) is 34.4 Å². The van der Waals surface area contributed by atoms with Gasteiger partial charge in [0, 0.05) is 5.54 Å². The molecule has 4 N–H and O–H groups in total. The Morgan fingerprint density at radius 3 is 2.23 bits per heavy atom. The summed E-state index contributed by atoms with van der Waals surface area (Å²) in [4.78, 5) is 36.9. The van der Waals surface area contributed by atoms with Crippen molar-refractivity contribution in [3.8, 4) is 5.75 Å². The van der Waals surface area contributed by atoms with E-state index in [1.165, 1.54) is 6.07 Å². The van der Waals surface area contributed by atoms with Gasteiger partial charge in [-0.3, -0.25) is 14.4 Å². The number of aromatic hydroxyl groups is 1. The van der Waals surface area contributed by atoms with Crippen LogP contribution >= 0.6 is 0 Å². The predicted molar refractivity (Wildman–Crippen MR) is 123 cm³/mol. The monoisotopic (exact) mass is 421 g/mol. The largest absolute Gasteiger partial charge is 0.505 e. The van der Waals surface area contributed by atoms with E-state index in [9.17, 15) is 19.5 Å². The molecule has 0 aliphatic rings. The molecule has 162 valence electrons. The first-order valence-electron chi connectivity index (χ1n) is 10.2. The van der Waals surface area contributed by atoms with E-state index >= 15 is 0 Å². The minimum atomic E-state index is -0.672. The molecule has 3 aromatic carbocycles. The molecule has 0 aliphatic carbocycles. The molecule has 31 heavy (non-hydrogen) atoms. The molecule has 0 bridgehead atoms. The average molecular weight is 421 g/mol. The number of hydrogen-bond donors (Lipinski definition) is 4. The average Bonchev–Trinajstić information content (AvgIpc) is 2.73. The van der Waals surface area contributed by atoms with Crippen molar-refractivity contribution in [2.45, 2.75) is 45.7 Å². The second kappa shape index (κ2) is 8.63. The maximum absolute atomic E-state index is 12.5. The summed E-state index contributed by atoms with van der Waals surface area (Å²) in [5.41, 5.74) is -0.281. The molecule has 0 heterocycles. The first kappa shape index (κ1) is 22.1. The van der Waals surface area contributed by atoms with Gasteiger partial charge in [-0.1, -0.05) is 43.3 Å². The quantitative estimate of drug-likeness (QED) is 0.341. The van der Waals surface area contributed by atoms with E-state index in [1.54, 1.807) is 12.1 Å². The summed E-state index contributed by atoms with van der Waals surface area (Å²) < 4.78 is 0. The molecule has 0 spiro atoms. The van der Waals surface area contributed by atoms with Crippen molar-refractivity contribution in [2.24, 2.45) is 0 Å². The van der Waals surface area contributed by atoms with Gasteiger partial charge in [-0.2, -0.15) is 0 Å². The van der Waals surface area contributed by atoms with Crippen LogP contribution in [0.4, 0.5) is 17.1 Å². The number of benzene rings is 2. The van der Waals surface area contributed by atoms with Crippen molar-refractivity contribution in [1.82, 2.24) is 5.32 Å². The van der Waals surface area contributed by atoms with E-state index in [2.05, 4.69) is 16.0 Å². The Morgan fingerprint density at radius 1 is 0.968 bits per heavy atom. The lowest BCUT2D eigenvalue weighted by Gasteiger charge is -2.23. The van der Waals surface area contributed by atoms with E-state index < -0.39 is 22.3 Å². The summed E-state index contributed by atoms with van der Waals surface area (Å²) in [6, 6.07) is 14.1. The Balaban J connectivity index is 1.87. The molecule has 0 fully saturated rings. The Bertz CT molecular complexity index is 1160. The van der Waals surface area contributed by atoms with Crippen molar-refractivity contribution in [3.63, 3.8) is 0 Å². The van der Waals surface area contributed by atoms with Gasteiger partial charge in [-0.25, -0.2) is 0 Å². The highest BCUT2D eigenvalue weighted by atomic mass is 16.3. The first-order chi connectivity index (χ1) is 14.6. The molecule has 7 heteroatoms. The normalized spacial score (nSPS) is 12.4. The van der Waals surface area contributed by atoms with Gasteiger partial charge in [0.05, 0.1) is 17.3 Å². The number of hydrogen-bond acceptors (Lipinski definition) is 6. The fourth-order valence-corrected chi connectivity index (χ4v) is 3.30. The van der Waals surface area contributed by atoms with Gasteiger partial charge in [-0.05, 0) is 44.9 Å². The van der Waals surface area contributed by atoms with Crippen LogP contribution < -0.4 is 26.8 Å². The molecule has 0 radical (unpaired) electrons. The first-order valence-corrected chi connectivity index (χ1v) is 10.2. The molecular weight excluding hydrogens is 394 g/mol. The summed E-state index contributed by atoms with van der Waals surface area (Å²) in [5, 5.41) is 19.4. The smallest absolute Gasteiger partial charge is 0.255 e. The zero-order valence-corrected chi connectivity index (χ0v) is 18.1. The van der Waals surface area contributed by atoms with E-state index in [4.69, 9.17) is 0 Å². The summed E-state index contributed by atoms with van der Waals surface area (Å²) in [6.45, 7) is 7.49. The maximum Gasteiger partial charge on any atom is 0.255 e. The van der Waals surface area contributed by atoms with Gasteiger partial charge in [0.25, 0.3) is 16.8 Å². The molecule has 1 amide bonds. The lowest BCUT2D eigenvalue weighted by molar-refractivity contribution is 0.0917. The summed E-state index contributed by atoms with van der Waals surface area (Å²) in [6.07, 6.45) is 0.704. The van der Waals surface area contributed by atoms with Crippen LogP contribution in [0.2, 0.25) is 0 Å². The van der Waals surface area contributed by atoms with Gasteiger partial charge in [0.15, 0.2) is 5.75 Å². The maximum atomic E-state index is 12.5. The Hall–Kier alpha value is -3.61. The number of rotatable bonds is 7. The number of carbonyl (C=O) groups excluding carboxylic acids is 1. The van der Waals surface area contributed by atoms with Crippen LogP contribution in [0.5, 0.6) is 5.75 Å². The van der Waals surface area contributed by atoms with Gasteiger partial charge < -0.3 is 21.1 Å². The van der Waals surface area contributed by atoms with Crippen molar-refractivity contribution in [1.29, 1.82) is 0 Å². The summed E-state index contributed by atoms with van der Waals surface area (Å²) >= 11 is 0. The Labute approximate surface area is 180 Å². The fraction of sp³-hybridized carbons (Fsp3) is 0.292. The summed E-state index contributed by atoms with van der Waals surface area (Å²) in [7, 11) is 0. The molecule has 7 nitrogen and oxygen atoms in total. The van der Waals surface area contributed by atoms with Crippen molar-refractivity contribution < 1.29 is 9.90 Å². The second-order valence-corrected chi connectivity index (χ2v) is 8.45. The molecule has 3 aromatic rings. The highest BCUT2D eigenvalue weighted by molar-refractivity contribution is 5.99. The van der Waals surface area contributed by atoms with Gasteiger partial charge in [-0.15, -0.1) is 0 Å². The standard InChI is InChI=1S/C24H27N3O4/c1-5-16(14-10-7-6-8-11-14)25-18-19(22(30)21(18)29)26-17-13-9-12-15(20(17)28)23(31)27-24(2,3)4/h6-13,16,25-26,28H,5H2,1-4H3,(H,27,31)/t16-/m1/s1. The van der Waals surface area contributed by atoms with Crippen LogP contribution in [0.1, 0.15) is 56.1 Å². The molecule has 0 aliphatic heterocycles. The fourth-order valence-electron chi connectivity index (χ4n) is 3.30. The van der Waals surface area contributed by atoms with E-state index in [0.717, 1.165) is 5.56 Å². The number of para-hydroxylation sites is 1. The molecular formula is C24H27N3O4. The number of phenolic OH excluding ortho intramolecular Hbond substituents is 1. The highest BCUT2D eigenvalue weighted by Crippen LogP contribution is 2.33. The molecule has 3 rings (SSSR count). The molecule has 0 unspecified atom stereocenters. The number of phenols is 1. The summed E-state index contributed by atoms with van der Waals surface area (Å²) in [5.74, 6) is -0.731.